The molecule has 8 nitrogen and oxygen atoms in total. The van der Waals surface area contributed by atoms with E-state index in [9.17, 15) is 19.5 Å². The minimum Gasteiger partial charge on any atom is -0.507 e. The van der Waals surface area contributed by atoms with Gasteiger partial charge in [0.15, 0.2) is 5.13 Å². The molecular weight excluding hydrogens is 548 g/mol. The summed E-state index contributed by atoms with van der Waals surface area (Å²) in [7, 11) is 1.26. The molecule has 3 heterocycles. The second kappa shape index (κ2) is 9.18. The number of aliphatic hydroxyl groups is 1. The van der Waals surface area contributed by atoms with Gasteiger partial charge < -0.3 is 14.6 Å². The molecule has 0 saturated carbocycles. The molecule has 1 fully saturated rings. The van der Waals surface area contributed by atoms with Gasteiger partial charge in [0.2, 0.25) is 0 Å². The number of Topliss-reactive ketones (excluding diaryl/α,β-unsaturated/α-hetero) is 1. The summed E-state index contributed by atoms with van der Waals surface area (Å²) < 4.78 is 11.3. The Kier molecular flexibility index (Phi) is 6.17. The lowest BCUT2D eigenvalue weighted by Crippen LogP contribution is -2.29. The molecule has 0 bridgehead atoms. The van der Waals surface area contributed by atoms with Crippen molar-refractivity contribution in [2.45, 2.75) is 32.4 Å². The first-order valence-electron chi connectivity index (χ1n) is 11.1. The lowest BCUT2D eigenvalue weighted by Gasteiger charge is -2.23. The fourth-order valence-corrected chi connectivity index (χ4v) is 5.94. The number of methoxy groups -OCH3 is 1. The Morgan fingerprint density at radius 1 is 1.25 bits per heavy atom. The lowest BCUT2D eigenvalue weighted by atomic mass is 9.94. The zero-order valence-corrected chi connectivity index (χ0v) is 22.0. The average Bonchev–Trinajstić information content (AvgIpc) is 3.50. The van der Waals surface area contributed by atoms with Crippen LogP contribution in [-0.4, -0.2) is 41.0 Å². The maximum atomic E-state index is 13.4. The van der Waals surface area contributed by atoms with Crippen LogP contribution in [0.15, 0.2) is 52.5 Å². The monoisotopic (exact) mass is 568 g/mol. The summed E-state index contributed by atoms with van der Waals surface area (Å²) in [6, 6.07) is 11.4. The summed E-state index contributed by atoms with van der Waals surface area (Å²) in [5.74, 6) is -1.82. The zero-order chi connectivity index (χ0) is 25.7. The van der Waals surface area contributed by atoms with E-state index in [1.165, 1.54) is 12.0 Å². The molecule has 0 aliphatic carbocycles. The Hall–Kier alpha value is -3.50. The van der Waals surface area contributed by atoms with Crippen molar-refractivity contribution in [3.05, 3.63) is 79.8 Å². The van der Waals surface area contributed by atoms with Crippen LogP contribution in [0.4, 0.5) is 5.13 Å². The standard InChI is InChI=1S/C26H21BrN2O6S/c1-12-9-16-10-15(7-8-18(16)35-12)21(30)19-20(14-5-4-6-17(27)11-14)29(24(32)22(19)31)26-28-13(2)23(36-26)25(33)34-3/h4-8,10-12,20,30H,9H2,1-3H3/b21-19+. The van der Waals surface area contributed by atoms with Crippen molar-refractivity contribution < 1.29 is 29.0 Å². The van der Waals surface area contributed by atoms with Gasteiger partial charge in [-0.05, 0) is 55.3 Å². The molecule has 1 aromatic heterocycles. The Morgan fingerprint density at radius 2 is 2.03 bits per heavy atom. The number of hydrogen-bond acceptors (Lipinski definition) is 8. The molecular formula is C26H21BrN2O6S. The van der Waals surface area contributed by atoms with Crippen molar-refractivity contribution in [3.8, 4) is 5.75 Å². The third-order valence-corrected chi connectivity index (χ3v) is 7.77. The van der Waals surface area contributed by atoms with Crippen LogP contribution in [0.5, 0.6) is 5.75 Å². The molecule has 2 unspecified atom stereocenters. The van der Waals surface area contributed by atoms with Crippen LogP contribution in [0.25, 0.3) is 5.76 Å². The van der Waals surface area contributed by atoms with Crippen molar-refractivity contribution >= 4 is 55.8 Å². The van der Waals surface area contributed by atoms with E-state index >= 15 is 0 Å². The minimum atomic E-state index is -0.957. The highest BCUT2D eigenvalue weighted by Gasteiger charge is 2.48. The molecule has 5 rings (SSSR count). The van der Waals surface area contributed by atoms with Gasteiger partial charge in [-0.3, -0.25) is 14.5 Å². The summed E-state index contributed by atoms with van der Waals surface area (Å²) in [5, 5.41) is 11.6. The number of aryl methyl sites for hydroxylation is 1. The number of ether oxygens (including phenoxy) is 2. The maximum absolute atomic E-state index is 13.4. The molecule has 1 saturated heterocycles. The van der Waals surface area contributed by atoms with E-state index in [0.717, 1.165) is 27.1 Å². The van der Waals surface area contributed by atoms with Gasteiger partial charge in [0.25, 0.3) is 5.78 Å². The van der Waals surface area contributed by atoms with Crippen LogP contribution in [0.2, 0.25) is 0 Å². The van der Waals surface area contributed by atoms with Gasteiger partial charge in [-0.25, -0.2) is 9.78 Å². The number of anilines is 1. The number of carbonyl (C=O) groups is 3. The van der Waals surface area contributed by atoms with Crippen LogP contribution in [0, 0.1) is 6.92 Å². The van der Waals surface area contributed by atoms with E-state index in [1.807, 2.05) is 13.0 Å². The first kappa shape index (κ1) is 24.2. The fourth-order valence-electron chi connectivity index (χ4n) is 4.51. The number of esters is 1. The van der Waals surface area contributed by atoms with E-state index in [2.05, 4.69) is 20.9 Å². The SMILES string of the molecule is COC(=O)c1sc(N2C(=O)C(=O)/C(=C(/O)c3ccc4c(c3)CC(C)O4)C2c2cccc(Br)c2)nc1C. The van der Waals surface area contributed by atoms with Crippen molar-refractivity contribution in [2.75, 3.05) is 12.0 Å². The van der Waals surface area contributed by atoms with Crippen molar-refractivity contribution in [2.24, 2.45) is 0 Å². The molecule has 2 aliphatic rings. The highest BCUT2D eigenvalue weighted by atomic mass is 79.9. The Labute approximate surface area is 219 Å². The van der Waals surface area contributed by atoms with Crippen LogP contribution >= 0.6 is 27.3 Å². The number of nitrogens with zero attached hydrogens (tertiary/aromatic N) is 2. The normalized spacial score (nSPS) is 20.4. The molecule has 0 spiro atoms. The first-order valence-corrected chi connectivity index (χ1v) is 12.7. The molecule has 2 aliphatic heterocycles. The number of aromatic nitrogens is 1. The lowest BCUT2D eigenvalue weighted by molar-refractivity contribution is -0.132. The van der Waals surface area contributed by atoms with E-state index < -0.39 is 23.7 Å². The molecule has 3 aromatic rings. The number of rotatable bonds is 4. The zero-order valence-electron chi connectivity index (χ0n) is 19.6. The van der Waals surface area contributed by atoms with Gasteiger partial charge in [0.1, 0.15) is 22.5 Å². The second-order valence-corrected chi connectivity index (χ2v) is 10.5. The third-order valence-electron chi connectivity index (χ3n) is 6.14. The summed E-state index contributed by atoms with van der Waals surface area (Å²) in [6.07, 6.45) is 0.691. The minimum absolute atomic E-state index is 0.0156. The summed E-state index contributed by atoms with van der Waals surface area (Å²) >= 11 is 4.40. The van der Waals surface area contributed by atoms with Crippen molar-refractivity contribution in [3.63, 3.8) is 0 Å². The van der Waals surface area contributed by atoms with Gasteiger partial charge in [-0.1, -0.05) is 39.4 Å². The van der Waals surface area contributed by atoms with E-state index in [1.54, 1.807) is 43.3 Å². The van der Waals surface area contributed by atoms with Gasteiger partial charge in [-0.15, -0.1) is 0 Å². The molecule has 1 N–H and O–H groups in total. The number of carbonyl (C=O) groups excluding carboxylic acids is 3. The van der Waals surface area contributed by atoms with E-state index in [-0.39, 0.29) is 27.4 Å². The van der Waals surface area contributed by atoms with Gasteiger partial charge >= 0.3 is 11.9 Å². The number of fused-ring (bicyclic) bond motifs is 1. The van der Waals surface area contributed by atoms with Gasteiger partial charge in [0.05, 0.1) is 24.4 Å². The molecule has 2 atom stereocenters. The van der Waals surface area contributed by atoms with E-state index in [4.69, 9.17) is 9.47 Å². The Morgan fingerprint density at radius 3 is 2.75 bits per heavy atom. The highest BCUT2D eigenvalue weighted by Crippen LogP contribution is 2.44. The van der Waals surface area contributed by atoms with Crippen LogP contribution < -0.4 is 9.64 Å². The van der Waals surface area contributed by atoms with Gasteiger partial charge in [-0.2, -0.15) is 0 Å². The van der Waals surface area contributed by atoms with Crippen LogP contribution in [-0.2, 0) is 20.7 Å². The quantitative estimate of drug-likeness (QED) is 0.205. The first-order chi connectivity index (χ1) is 17.2. The number of hydrogen-bond donors (Lipinski definition) is 1. The molecule has 184 valence electrons. The maximum Gasteiger partial charge on any atom is 0.350 e. The smallest absolute Gasteiger partial charge is 0.350 e. The number of halogens is 1. The average molecular weight is 569 g/mol. The molecule has 36 heavy (non-hydrogen) atoms. The van der Waals surface area contributed by atoms with Crippen molar-refractivity contribution in [1.82, 2.24) is 4.98 Å². The van der Waals surface area contributed by atoms with Crippen LogP contribution in [0.3, 0.4) is 0 Å². The predicted molar refractivity (Wildman–Crippen MR) is 137 cm³/mol. The Balaban J connectivity index is 1.69. The number of thiazole rings is 1. The van der Waals surface area contributed by atoms with Crippen molar-refractivity contribution in [1.29, 1.82) is 0 Å². The van der Waals surface area contributed by atoms with Gasteiger partial charge in [0, 0.05) is 16.5 Å². The second-order valence-electron chi connectivity index (χ2n) is 8.58. The van der Waals surface area contributed by atoms with E-state index in [0.29, 0.717) is 23.2 Å². The van der Waals surface area contributed by atoms with Crippen LogP contribution in [0.1, 0.15) is 45.0 Å². The summed E-state index contributed by atoms with van der Waals surface area (Å²) in [4.78, 5) is 44.8. The Bertz CT molecular complexity index is 1460. The largest absolute Gasteiger partial charge is 0.507 e. The third kappa shape index (κ3) is 4.00. The number of benzene rings is 2. The highest BCUT2D eigenvalue weighted by molar-refractivity contribution is 9.10. The fraction of sp³-hybridized carbons (Fsp3) is 0.231. The molecule has 10 heteroatoms. The predicted octanol–water partition coefficient (Wildman–Crippen LogP) is 4.95. The molecule has 0 radical (unpaired) electrons. The molecule has 2 aromatic carbocycles. The number of amides is 1. The number of ketones is 1. The topological polar surface area (TPSA) is 106 Å². The summed E-state index contributed by atoms with van der Waals surface area (Å²) in [6.45, 7) is 3.58. The molecule has 1 amide bonds. The summed E-state index contributed by atoms with van der Waals surface area (Å²) in [5.41, 5.74) is 2.24. The number of aliphatic hydroxyl groups excluding tert-OH is 1.